The standard InChI is InChI=1S/C24H23Cl3N2O2S/c1-2-17-3-10-21(11-4-17)32(30,31)28-13-14-29(23-12-9-20(26)15-22(23)27)24(16-28)18-5-7-19(25)8-6-18/h3-12,15,24H,2,13-14,16H2,1H3. The van der Waals surface area contributed by atoms with E-state index in [4.69, 9.17) is 34.8 Å². The van der Waals surface area contributed by atoms with Gasteiger partial charge in [0.1, 0.15) is 0 Å². The molecular weight excluding hydrogens is 487 g/mol. The van der Waals surface area contributed by atoms with Crippen molar-refractivity contribution in [3.8, 4) is 0 Å². The summed E-state index contributed by atoms with van der Waals surface area (Å²) in [5.41, 5.74) is 2.88. The van der Waals surface area contributed by atoms with Gasteiger partial charge >= 0.3 is 0 Å². The fourth-order valence-electron chi connectivity index (χ4n) is 4.00. The molecule has 1 unspecified atom stereocenters. The van der Waals surface area contributed by atoms with Crippen molar-refractivity contribution in [2.75, 3.05) is 24.5 Å². The monoisotopic (exact) mass is 508 g/mol. The highest BCUT2D eigenvalue weighted by Gasteiger charge is 2.35. The van der Waals surface area contributed by atoms with E-state index in [-0.39, 0.29) is 6.04 Å². The fraction of sp³-hybridized carbons (Fsp3) is 0.250. The lowest BCUT2D eigenvalue weighted by molar-refractivity contribution is 0.335. The number of nitrogens with zero attached hydrogens (tertiary/aromatic N) is 2. The molecule has 0 bridgehead atoms. The van der Waals surface area contributed by atoms with E-state index in [1.165, 1.54) is 0 Å². The van der Waals surface area contributed by atoms with Gasteiger partial charge in [-0.3, -0.25) is 0 Å². The molecule has 8 heteroatoms. The van der Waals surface area contributed by atoms with E-state index in [1.807, 2.05) is 49.4 Å². The molecule has 0 aliphatic carbocycles. The van der Waals surface area contributed by atoms with E-state index < -0.39 is 10.0 Å². The predicted molar refractivity (Wildman–Crippen MR) is 133 cm³/mol. The van der Waals surface area contributed by atoms with Crippen molar-refractivity contribution in [1.29, 1.82) is 0 Å². The topological polar surface area (TPSA) is 40.6 Å². The molecule has 0 saturated carbocycles. The van der Waals surface area contributed by atoms with Gasteiger partial charge in [-0.2, -0.15) is 4.31 Å². The highest BCUT2D eigenvalue weighted by atomic mass is 35.5. The van der Waals surface area contributed by atoms with E-state index in [2.05, 4.69) is 4.90 Å². The second kappa shape index (κ2) is 9.62. The number of halogens is 3. The molecule has 1 saturated heterocycles. The molecule has 0 amide bonds. The van der Waals surface area contributed by atoms with E-state index in [9.17, 15) is 8.42 Å². The van der Waals surface area contributed by atoms with E-state index in [0.717, 1.165) is 23.2 Å². The minimum atomic E-state index is -3.63. The van der Waals surface area contributed by atoms with Gasteiger partial charge in [-0.25, -0.2) is 8.42 Å². The van der Waals surface area contributed by atoms with Crippen LogP contribution in [0.3, 0.4) is 0 Å². The van der Waals surface area contributed by atoms with Crippen LogP contribution in [0.25, 0.3) is 0 Å². The van der Waals surface area contributed by atoms with Crippen LogP contribution in [-0.4, -0.2) is 32.4 Å². The van der Waals surface area contributed by atoms with Crippen molar-refractivity contribution in [3.63, 3.8) is 0 Å². The normalized spacial score (nSPS) is 17.5. The molecule has 4 rings (SSSR count). The van der Waals surface area contributed by atoms with E-state index >= 15 is 0 Å². The summed E-state index contributed by atoms with van der Waals surface area (Å²) in [6.07, 6.45) is 0.861. The van der Waals surface area contributed by atoms with Crippen molar-refractivity contribution in [2.24, 2.45) is 0 Å². The third-order valence-electron chi connectivity index (χ3n) is 5.79. The number of sulfonamides is 1. The Balaban J connectivity index is 1.70. The smallest absolute Gasteiger partial charge is 0.243 e. The Morgan fingerprint density at radius 1 is 0.875 bits per heavy atom. The van der Waals surface area contributed by atoms with Gasteiger partial charge < -0.3 is 4.90 Å². The SMILES string of the molecule is CCc1ccc(S(=O)(=O)N2CCN(c3ccc(Cl)cc3Cl)C(c3ccc(Cl)cc3)C2)cc1. The Kier molecular flexibility index (Phi) is 7.03. The lowest BCUT2D eigenvalue weighted by atomic mass is 10.0. The molecule has 3 aromatic rings. The van der Waals surface area contributed by atoms with Crippen LogP contribution in [-0.2, 0) is 16.4 Å². The van der Waals surface area contributed by atoms with Gasteiger partial charge in [0.2, 0.25) is 10.0 Å². The third kappa shape index (κ3) is 4.78. The lowest BCUT2D eigenvalue weighted by Crippen LogP contribution is -2.50. The Morgan fingerprint density at radius 2 is 1.53 bits per heavy atom. The predicted octanol–water partition coefficient (Wildman–Crippen LogP) is 6.46. The van der Waals surface area contributed by atoms with Crippen molar-refractivity contribution < 1.29 is 8.42 Å². The molecule has 0 spiro atoms. The number of hydrogen-bond acceptors (Lipinski definition) is 3. The maximum Gasteiger partial charge on any atom is 0.243 e. The molecule has 1 atom stereocenters. The van der Waals surface area contributed by atoms with Gasteiger partial charge in [0.05, 0.1) is 21.6 Å². The molecule has 168 valence electrons. The first kappa shape index (κ1) is 23.4. The van der Waals surface area contributed by atoms with Crippen LogP contribution in [0, 0.1) is 0 Å². The fourth-order valence-corrected chi connectivity index (χ4v) is 6.08. The summed E-state index contributed by atoms with van der Waals surface area (Å²) in [7, 11) is -3.63. The summed E-state index contributed by atoms with van der Waals surface area (Å²) in [6, 6.07) is 19.7. The maximum absolute atomic E-state index is 13.4. The first-order valence-electron chi connectivity index (χ1n) is 10.4. The zero-order valence-corrected chi connectivity index (χ0v) is 20.6. The quantitative estimate of drug-likeness (QED) is 0.396. The molecule has 1 aliphatic heterocycles. The molecule has 1 fully saturated rings. The average Bonchev–Trinajstić information content (AvgIpc) is 2.79. The summed E-state index contributed by atoms with van der Waals surface area (Å²) in [5, 5.41) is 1.71. The zero-order valence-electron chi connectivity index (χ0n) is 17.5. The number of rotatable bonds is 5. The molecule has 1 aliphatic rings. The van der Waals surface area contributed by atoms with E-state index in [0.29, 0.717) is 39.6 Å². The van der Waals surface area contributed by atoms with Crippen LogP contribution >= 0.6 is 34.8 Å². The first-order chi connectivity index (χ1) is 15.3. The second-order valence-electron chi connectivity index (χ2n) is 7.72. The number of anilines is 1. The summed E-state index contributed by atoms with van der Waals surface area (Å²) >= 11 is 18.7. The number of aryl methyl sites for hydroxylation is 1. The Bertz CT molecular complexity index is 1200. The van der Waals surface area contributed by atoms with Gasteiger partial charge in [-0.05, 0) is 60.0 Å². The molecule has 0 radical (unpaired) electrons. The highest BCUT2D eigenvalue weighted by molar-refractivity contribution is 7.89. The summed E-state index contributed by atoms with van der Waals surface area (Å²) < 4.78 is 28.4. The number of benzene rings is 3. The summed E-state index contributed by atoms with van der Waals surface area (Å²) in [6.45, 7) is 3.17. The Morgan fingerprint density at radius 3 is 2.16 bits per heavy atom. The largest absolute Gasteiger partial charge is 0.361 e. The third-order valence-corrected chi connectivity index (χ3v) is 8.46. The van der Waals surface area contributed by atoms with E-state index in [1.54, 1.807) is 28.6 Å². The Labute approximate surface area is 204 Å². The molecule has 0 N–H and O–H groups in total. The van der Waals surface area contributed by atoms with Crippen LogP contribution in [0.15, 0.2) is 71.6 Å². The van der Waals surface area contributed by atoms with Gasteiger partial charge in [-0.15, -0.1) is 0 Å². The second-order valence-corrected chi connectivity index (χ2v) is 10.9. The molecular formula is C24H23Cl3N2O2S. The van der Waals surface area contributed by atoms with Gasteiger partial charge in [-0.1, -0.05) is 66.0 Å². The van der Waals surface area contributed by atoms with Crippen molar-refractivity contribution in [1.82, 2.24) is 4.31 Å². The first-order valence-corrected chi connectivity index (χ1v) is 12.9. The van der Waals surface area contributed by atoms with Crippen molar-refractivity contribution in [2.45, 2.75) is 24.3 Å². The zero-order chi connectivity index (χ0) is 22.9. The lowest BCUT2D eigenvalue weighted by Gasteiger charge is -2.42. The van der Waals surface area contributed by atoms with Crippen molar-refractivity contribution in [3.05, 3.63) is 92.9 Å². The van der Waals surface area contributed by atoms with Crippen molar-refractivity contribution >= 4 is 50.5 Å². The summed E-state index contributed by atoms with van der Waals surface area (Å²) in [5.74, 6) is 0. The minimum absolute atomic E-state index is 0.232. The van der Waals surface area contributed by atoms with Crippen LogP contribution in [0.1, 0.15) is 24.1 Å². The molecule has 4 nitrogen and oxygen atoms in total. The molecule has 0 aromatic heterocycles. The van der Waals surface area contributed by atoms with Gasteiger partial charge in [0, 0.05) is 29.7 Å². The number of hydrogen-bond donors (Lipinski definition) is 0. The molecule has 3 aromatic carbocycles. The Hall–Kier alpha value is -1.76. The average molecular weight is 510 g/mol. The highest BCUT2D eigenvalue weighted by Crippen LogP contribution is 2.38. The molecule has 32 heavy (non-hydrogen) atoms. The van der Waals surface area contributed by atoms with Crippen LogP contribution in [0.5, 0.6) is 0 Å². The minimum Gasteiger partial charge on any atom is -0.361 e. The van der Waals surface area contributed by atoms with Gasteiger partial charge in [0.15, 0.2) is 0 Å². The van der Waals surface area contributed by atoms with Crippen LogP contribution in [0.4, 0.5) is 5.69 Å². The number of piperazine rings is 1. The van der Waals surface area contributed by atoms with Gasteiger partial charge in [0.25, 0.3) is 0 Å². The van der Waals surface area contributed by atoms with Crippen LogP contribution in [0.2, 0.25) is 15.1 Å². The maximum atomic E-state index is 13.4. The molecule has 1 heterocycles. The van der Waals surface area contributed by atoms with Crippen LogP contribution < -0.4 is 4.90 Å². The summed E-state index contributed by atoms with van der Waals surface area (Å²) in [4.78, 5) is 2.44.